The third-order valence-electron chi connectivity index (χ3n) is 3.99. The number of nitrogens with zero attached hydrogens (tertiary/aromatic N) is 3. The van der Waals surface area contributed by atoms with E-state index in [0.717, 1.165) is 0 Å². The van der Waals surface area contributed by atoms with Gasteiger partial charge >= 0.3 is 0 Å². The standard InChI is InChI=1S/C18H15Cl3FN3OS2/c1-25-17(10-28(26)9-12-14(20)4-2-5-15(12)21)23-24-18(25)27-8-11-13(19)6-3-7-16(11)22/h2-7H,8-10H2,1H3/t28-/m1/s1. The SMILES string of the molecule is Cn1c(C[S@](=O)Cc2c(Cl)cccc2Cl)nnc1SCc1c(F)cccc1Cl. The maximum atomic E-state index is 13.9. The van der Waals surface area contributed by atoms with Crippen molar-refractivity contribution in [2.75, 3.05) is 0 Å². The summed E-state index contributed by atoms with van der Waals surface area (Å²) >= 11 is 19.6. The highest BCUT2D eigenvalue weighted by molar-refractivity contribution is 7.98. The van der Waals surface area contributed by atoms with Crippen LogP contribution in [0.3, 0.4) is 0 Å². The van der Waals surface area contributed by atoms with E-state index in [1.54, 1.807) is 41.9 Å². The minimum Gasteiger partial charge on any atom is -0.308 e. The van der Waals surface area contributed by atoms with Gasteiger partial charge in [0.05, 0.1) is 11.5 Å². The van der Waals surface area contributed by atoms with Gasteiger partial charge in [0, 0.05) is 49.8 Å². The van der Waals surface area contributed by atoms with Gasteiger partial charge in [-0.3, -0.25) is 4.21 Å². The molecule has 0 N–H and O–H groups in total. The molecule has 1 aromatic heterocycles. The maximum Gasteiger partial charge on any atom is 0.191 e. The second-order valence-corrected chi connectivity index (χ2v) is 9.50. The molecule has 0 unspecified atom stereocenters. The lowest BCUT2D eigenvalue weighted by Gasteiger charge is -2.08. The van der Waals surface area contributed by atoms with Crippen LogP contribution < -0.4 is 0 Å². The van der Waals surface area contributed by atoms with E-state index in [9.17, 15) is 8.60 Å². The Bertz CT molecular complexity index is 989. The van der Waals surface area contributed by atoms with E-state index in [-0.39, 0.29) is 17.3 Å². The van der Waals surface area contributed by atoms with Crippen LogP contribution in [0.4, 0.5) is 4.39 Å². The van der Waals surface area contributed by atoms with Crippen molar-refractivity contribution in [1.82, 2.24) is 14.8 Å². The highest BCUT2D eigenvalue weighted by Crippen LogP contribution is 2.29. The van der Waals surface area contributed by atoms with Crippen LogP contribution in [-0.4, -0.2) is 19.0 Å². The van der Waals surface area contributed by atoms with Crippen LogP contribution in [0, 0.1) is 5.82 Å². The first-order valence-corrected chi connectivity index (χ1v) is 11.7. The van der Waals surface area contributed by atoms with Gasteiger partial charge in [0.25, 0.3) is 0 Å². The topological polar surface area (TPSA) is 47.8 Å². The summed E-state index contributed by atoms with van der Waals surface area (Å²) in [5, 5.41) is 10.1. The van der Waals surface area contributed by atoms with Crippen LogP contribution in [0.2, 0.25) is 15.1 Å². The van der Waals surface area contributed by atoms with Crippen molar-refractivity contribution in [3.8, 4) is 0 Å². The number of hydrogen-bond acceptors (Lipinski definition) is 4. The normalized spacial score (nSPS) is 12.3. The van der Waals surface area contributed by atoms with Gasteiger partial charge in [0.2, 0.25) is 0 Å². The molecule has 0 fully saturated rings. The van der Waals surface area contributed by atoms with Crippen LogP contribution in [0.15, 0.2) is 41.6 Å². The van der Waals surface area contributed by atoms with Gasteiger partial charge in [-0.05, 0) is 24.3 Å². The van der Waals surface area contributed by atoms with E-state index < -0.39 is 10.8 Å². The Hall–Kier alpha value is -1.12. The van der Waals surface area contributed by atoms with Crippen molar-refractivity contribution in [1.29, 1.82) is 0 Å². The number of benzene rings is 2. The fourth-order valence-electron chi connectivity index (χ4n) is 2.43. The summed E-state index contributed by atoms with van der Waals surface area (Å²) in [7, 11) is 0.509. The highest BCUT2D eigenvalue weighted by atomic mass is 35.5. The van der Waals surface area contributed by atoms with Gasteiger partial charge < -0.3 is 4.57 Å². The molecule has 4 nitrogen and oxygen atoms in total. The summed E-state index contributed by atoms with van der Waals surface area (Å²) in [5.74, 6) is 0.935. The quantitative estimate of drug-likeness (QED) is 0.411. The molecule has 3 rings (SSSR count). The van der Waals surface area contributed by atoms with Crippen molar-refractivity contribution >= 4 is 57.4 Å². The molecule has 28 heavy (non-hydrogen) atoms. The van der Waals surface area contributed by atoms with E-state index in [2.05, 4.69) is 10.2 Å². The zero-order valence-corrected chi connectivity index (χ0v) is 18.6. The Balaban J connectivity index is 1.67. The molecule has 148 valence electrons. The van der Waals surface area contributed by atoms with Crippen LogP contribution >= 0.6 is 46.6 Å². The number of hydrogen-bond donors (Lipinski definition) is 0. The van der Waals surface area contributed by atoms with Gasteiger partial charge in [-0.15, -0.1) is 10.2 Å². The largest absolute Gasteiger partial charge is 0.308 e. The molecule has 0 aliphatic heterocycles. The molecule has 0 aliphatic carbocycles. The molecule has 0 radical (unpaired) electrons. The van der Waals surface area contributed by atoms with Crippen molar-refractivity contribution in [3.05, 3.63) is 74.2 Å². The molecule has 0 saturated heterocycles. The van der Waals surface area contributed by atoms with E-state index in [0.29, 0.717) is 42.9 Å². The first-order valence-electron chi connectivity index (χ1n) is 8.08. The Labute approximate surface area is 183 Å². The number of rotatable bonds is 7. The molecule has 0 bridgehead atoms. The second kappa shape index (κ2) is 9.59. The maximum absolute atomic E-state index is 13.9. The number of thioether (sulfide) groups is 1. The lowest BCUT2D eigenvalue weighted by atomic mass is 10.2. The van der Waals surface area contributed by atoms with E-state index in [1.165, 1.54) is 17.8 Å². The van der Waals surface area contributed by atoms with Crippen LogP contribution in [0.25, 0.3) is 0 Å². The molecule has 0 amide bonds. The van der Waals surface area contributed by atoms with Gasteiger partial charge in [-0.1, -0.05) is 58.7 Å². The van der Waals surface area contributed by atoms with Crippen LogP contribution in [0.5, 0.6) is 0 Å². The predicted molar refractivity (Wildman–Crippen MR) is 114 cm³/mol. The molecule has 2 aromatic carbocycles. The Kier molecular flexibility index (Phi) is 7.39. The minimum atomic E-state index is -1.27. The minimum absolute atomic E-state index is 0.200. The lowest BCUT2D eigenvalue weighted by Crippen LogP contribution is -2.06. The molecular formula is C18H15Cl3FN3OS2. The zero-order valence-electron chi connectivity index (χ0n) is 14.7. The zero-order chi connectivity index (χ0) is 20.3. The highest BCUT2D eigenvalue weighted by Gasteiger charge is 2.16. The molecular weight excluding hydrogens is 464 g/mol. The Morgan fingerprint density at radius 3 is 2.25 bits per heavy atom. The molecule has 3 aromatic rings. The van der Waals surface area contributed by atoms with Gasteiger partial charge in [0.1, 0.15) is 11.6 Å². The van der Waals surface area contributed by atoms with E-state index in [1.807, 2.05) is 0 Å². The summed E-state index contributed by atoms with van der Waals surface area (Å²) in [5.41, 5.74) is 1.06. The molecule has 1 heterocycles. The first-order chi connectivity index (χ1) is 13.4. The fraction of sp³-hybridized carbons (Fsp3) is 0.222. The predicted octanol–water partition coefficient (Wildman–Crippen LogP) is 5.66. The summed E-state index contributed by atoms with van der Waals surface area (Å²) < 4.78 is 28.2. The first kappa shape index (κ1) is 21.6. The smallest absolute Gasteiger partial charge is 0.191 e. The van der Waals surface area contributed by atoms with Crippen LogP contribution in [-0.2, 0) is 35.1 Å². The molecule has 10 heteroatoms. The molecule has 1 atom stereocenters. The monoisotopic (exact) mass is 477 g/mol. The van der Waals surface area contributed by atoms with Crippen molar-refractivity contribution < 1.29 is 8.60 Å². The van der Waals surface area contributed by atoms with E-state index in [4.69, 9.17) is 34.8 Å². The summed E-state index contributed by atoms with van der Waals surface area (Å²) in [6.45, 7) is 0. The molecule has 0 saturated carbocycles. The fourth-order valence-corrected chi connectivity index (χ4v) is 5.67. The third kappa shape index (κ3) is 5.07. The third-order valence-corrected chi connectivity index (χ3v) is 7.29. The van der Waals surface area contributed by atoms with Gasteiger partial charge in [0.15, 0.2) is 5.16 Å². The number of halogens is 4. The summed E-state index contributed by atoms with van der Waals surface area (Å²) in [6, 6.07) is 9.74. The Morgan fingerprint density at radius 2 is 1.61 bits per heavy atom. The van der Waals surface area contributed by atoms with Gasteiger partial charge in [-0.25, -0.2) is 4.39 Å². The summed E-state index contributed by atoms with van der Waals surface area (Å²) in [6.07, 6.45) is 0. The lowest BCUT2D eigenvalue weighted by molar-refractivity contribution is 0.617. The molecule has 0 aliphatic rings. The molecule has 0 spiro atoms. The van der Waals surface area contributed by atoms with Crippen molar-refractivity contribution in [2.24, 2.45) is 7.05 Å². The van der Waals surface area contributed by atoms with Crippen molar-refractivity contribution in [3.63, 3.8) is 0 Å². The Morgan fingerprint density at radius 1 is 1.00 bits per heavy atom. The summed E-state index contributed by atoms with van der Waals surface area (Å²) in [4.78, 5) is 0. The number of aromatic nitrogens is 3. The average Bonchev–Trinajstić information content (AvgIpc) is 2.98. The van der Waals surface area contributed by atoms with Crippen LogP contribution in [0.1, 0.15) is 17.0 Å². The van der Waals surface area contributed by atoms with Gasteiger partial charge in [-0.2, -0.15) is 0 Å². The van der Waals surface area contributed by atoms with Crippen molar-refractivity contribution in [2.45, 2.75) is 22.4 Å². The average molecular weight is 479 g/mol. The van der Waals surface area contributed by atoms with E-state index >= 15 is 0 Å². The second-order valence-electron chi connectivity index (χ2n) is 5.88.